The number of fused-ring (bicyclic) bond motifs is 1. The number of hydrogen-bond donors (Lipinski definition) is 2. The zero-order valence-corrected chi connectivity index (χ0v) is 14.8. The Morgan fingerprint density at radius 2 is 2.00 bits per heavy atom. The third kappa shape index (κ3) is 3.21. The summed E-state index contributed by atoms with van der Waals surface area (Å²) in [6, 6.07) is 2.74. The van der Waals surface area contributed by atoms with E-state index in [0.717, 1.165) is 22.4 Å². The number of aryl methyl sites for hydroxylation is 1. The largest absolute Gasteiger partial charge is 0.490 e. The highest BCUT2D eigenvalue weighted by atomic mass is 32.2. The zero-order chi connectivity index (χ0) is 17.5. The lowest BCUT2D eigenvalue weighted by molar-refractivity contribution is 0.101. The van der Waals surface area contributed by atoms with E-state index < -0.39 is 28.0 Å². The van der Waals surface area contributed by atoms with Crippen molar-refractivity contribution >= 4 is 15.9 Å². The molecule has 2 amide bonds. The van der Waals surface area contributed by atoms with Crippen LogP contribution in [0.15, 0.2) is 12.1 Å². The van der Waals surface area contributed by atoms with Crippen LogP contribution in [0, 0.1) is 13.8 Å². The fraction of sp³-hybridized carbons (Fsp3) is 0.562. The first-order chi connectivity index (χ1) is 11.3. The fourth-order valence-corrected chi connectivity index (χ4v) is 5.05. The van der Waals surface area contributed by atoms with Crippen molar-refractivity contribution < 1.29 is 22.7 Å². The van der Waals surface area contributed by atoms with E-state index in [1.165, 1.54) is 7.11 Å². The van der Waals surface area contributed by atoms with Gasteiger partial charge in [0.15, 0.2) is 9.84 Å². The van der Waals surface area contributed by atoms with E-state index in [0.29, 0.717) is 6.61 Å². The summed E-state index contributed by atoms with van der Waals surface area (Å²) in [5.41, 5.74) is 3.15. The van der Waals surface area contributed by atoms with Gasteiger partial charge in [0.05, 0.1) is 29.7 Å². The van der Waals surface area contributed by atoms with Crippen LogP contribution < -0.4 is 15.4 Å². The second-order valence-corrected chi connectivity index (χ2v) is 8.52. The number of sulfone groups is 1. The summed E-state index contributed by atoms with van der Waals surface area (Å²) in [5, 5.41) is 5.56. The van der Waals surface area contributed by atoms with Crippen molar-refractivity contribution in [2.24, 2.45) is 0 Å². The number of amides is 2. The average Bonchev–Trinajstić information content (AvgIpc) is 3.03. The smallest absolute Gasteiger partial charge is 0.315 e. The van der Waals surface area contributed by atoms with E-state index in [1.54, 1.807) is 0 Å². The van der Waals surface area contributed by atoms with Crippen LogP contribution in [0.4, 0.5) is 4.79 Å². The molecule has 0 saturated carbocycles. The van der Waals surface area contributed by atoms with Crippen molar-refractivity contribution in [3.63, 3.8) is 0 Å². The van der Waals surface area contributed by atoms with Crippen molar-refractivity contribution in [3.05, 3.63) is 28.8 Å². The molecule has 3 rings (SSSR count). The number of nitrogens with one attached hydrogen (secondary N) is 2. The molecule has 0 spiro atoms. The third-order valence-electron chi connectivity index (χ3n) is 4.70. The Morgan fingerprint density at radius 3 is 2.71 bits per heavy atom. The van der Waals surface area contributed by atoms with Crippen LogP contribution in [0.2, 0.25) is 0 Å². The number of ether oxygens (including phenoxy) is 2. The van der Waals surface area contributed by atoms with E-state index in [2.05, 4.69) is 10.6 Å². The molecule has 2 N–H and O–H groups in total. The van der Waals surface area contributed by atoms with Crippen molar-refractivity contribution in [2.75, 3.05) is 25.2 Å². The molecule has 0 aliphatic carbocycles. The monoisotopic (exact) mass is 354 g/mol. The minimum absolute atomic E-state index is 0.0672. The lowest BCUT2D eigenvalue weighted by Gasteiger charge is -2.20. The quantitative estimate of drug-likeness (QED) is 0.839. The Kier molecular flexibility index (Phi) is 4.44. The van der Waals surface area contributed by atoms with Crippen molar-refractivity contribution in [1.29, 1.82) is 0 Å². The molecular weight excluding hydrogens is 332 g/mol. The maximum absolute atomic E-state index is 12.3. The van der Waals surface area contributed by atoms with Gasteiger partial charge in [-0.1, -0.05) is 12.1 Å². The topological polar surface area (TPSA) is 93.7 Å². The Morgan fingerprint density at radius 1 is 1.25 bits per heavy atom. The van der Waals surface area contributed by atoms with Crippen LogP contribution >= 0.6 is 0 Å². The molecule has 1 aromatic rings. The molecule has 2 aliphatic heterocycles. The van der Waals surface area contributed by atoms with Gasteiger partial charge in [-0.15, -0.1) is 0 Å². The standard InChI is InChI=1S/C16H22N2O5S/c1-9-4-5-11-12(6-23-15(11)10(9)2)17-16(19)18-13-7-24(20,21)8-14(13)22-3/h4-5,12-14H,6-8H2,1-3H3,(H2,17,18,19). The van der Waals surface area contributed by atoms with Gasteiger partial charge in [0.2, 0.25) is 0 Å². The van der Waals surface area contributed by atoms with Crippen molar-refractivity contribution in [2.45, 2.75) is 32.0 Å². The van der Waals surface area contributed by atoms with Crippen LogP contribution in [0.3, 0.4) is 0 Å². The Bertz CT molecular complexity index is 762. The van der Waals surface area contributed by atoms with Gasteiger partial charge in [-0.2, -0.15) is 0 Å². The van der Waals surface area contributed by atoms with Crippen LogP contribution in [0.25, 0.3) is 0 Å². The molecule has 24 heavy (non-hydrogen) atoms. The number of benzene rings is 1. The molecule has 1 saturated heterocycles. The van der Waals surface area contributed by atoms with Gasteiger partial charge in [-0.25, -0.2) is 13.2 Å². The predicted octanol–water partition coefficient (Wildman–Crippen LogP) is 0.848. The second-order valence-electron chi connectivity index (χ2n) is 6.36. The Labute approximate surface area is 141 Å². The van der Waals surface area contributed by atoms with E-state index in [4.69, 9.17) is 9.47 Å². The zero-order valence-electron chi connectivity index (χ0n) is 14.0. The fourth-order valence-electron chi connectivity index (χ4n) is 3.20. The number of rotatable bonds is 3. The van der Waals surface area contributed by atoms with E-state index >= 15 is 0 Å². The summed E-state index contributed by atoms with van der Waals surface area (Å²) in [4.78, 5) is 12.3. The summed E-state index contributed by atoms with van der Waals surface area (Å²) in [6.45, 7) is 4.37. The van der Waals surface area contributed by atoms with Gasteiger partial charge in [0.1, 0.15) is 12.4 Å². The summed E-state index contributed by atoms with van der Waals surface area (Å²) in [6.07, 6.45) is -0.516. The molecular formula is C16H22N2O5S. The summed E-state index contributed by atoms with van der Waals surface area (Å²) < 4.78 is 34.3. The molecule has 3 atom stereocenters. The van der Waals surface area contributed by atoms with E-state index in [-0.39, 0.29) is 17.5 Å². The van der Waals surface area contributed by atoms with Crippen LogP contribution in [0.5, 0.6) is 5.75 Å². The van der Waals surface area contributed by atoms with Crippen LogP contribution in [-0.4, -0.2) is 51.8 Å². The molecule has 3 unspecified atom stereocenters. The summed E-state index contributed by atoms with van der Waals surface area (Å²) >= 11 is 0. The summed E-state index contributed by atoms with van der Waals surface area (Å²) in [7, 11) is -1.73. The molecule has 132 valence electrons. The lowest BCUT2D eigenvalue weighted by Crippen LogP contribution is -2.48. The Balaban J connectivity index is 1.66. The van der Waals surface area contributed by atoms with Gasteiger partial charge in [-0.3, -0.25) is 0 Å². The normalized spacial score (nSPS) is 27.4. The van der Waals surface area contributed by atoms with Gasteiger partial charge < -0.3 is 20.1 Å². The minimum Gasteiger partial charge on any atom is -0.490 e. The van der Waals surface area contributed by atoms with Crippen molar-refractivity contribution in [3.8, 4) is 5.75 Å². The number of carbonyl (C=O) groups is 1. The molecule has 1 fully saturated rings. The molecule has 1 aromatic carbocycles. The highest BCUT2D eigenvalue weighted by Crippen LogP contribution is 2.36. The lowest BCUT2D eigenvalue weighted by atomic mass is 10.0. The highest BCUT2D eigenvalue weighted by molar-refractivity contribution is 7.91. The molecule has 0 radical (unpaired) electrons. The highest BCUT2D eigenvalue weighted by Gasteiger charge is 2.39. The van der Waals surface area contributed by atoms with Crippen LogP contribution in [-0.2, 0) is 14.6 Å². The first-order valence-electron chi connectivity index (χ1n) is 7.84. The molecule has 8 heteroatoms. The number of methoxy groups -OCH3 is 1. The first-order valence-corrected chi connectivity index (χ1v) is 9.66. The molecule has 2 heterocycles. The van der Waals surface area contributed by atoms with E-state index in [9.17, 15) is 13.2 Å². The molecule has 2 aliphatic rings. The molecule has 0 aromatic heterocycles. The summed E-state index contributed by atoms with van der Waals surface area (Å²) in [5.74, 6) is 0.649. The number of urea groups is 1. The van der Waals surface area contributed by atoms with Crippen molar-refractivity contribution in [1.82, 2.24) is 10.6 Å². The third-order valence-corrected chi connectivity index (χ3v) is 6.41. The minimum atomic E-state index is -3.18. The maximum atomic E-state index is 12.3. The number of carbonyl (C=O) groups excluding carboxylic acids is 1. The van der Waals surface area contributed by atoms with Gasteiger partial charge >= 0.3 is 6.03 Å². The number of hydrogen-bond acceptors (Lipinski definition) is 5. The Hall–Kier alpha value is -1.80. The van der Waals surface area contributed by atoms with Crippen LogP contribution in [0.1, 0.15) is 22.7 Å². The van der Waals surface area contributed by atoms with Gasteiger partial charge in [-0.05, 0) is 25.0 Å². The van der Waals surface area contributed by atoms with E-state index in [1.807, 2.05) is 26.0 Å². The maximum Gasteiger partial charge on any atom is 0.315 e. The average molecular weight is 354 g/mol. The second kappa shape index (κ2) is 6.25. The first kappa shape index (κ1) is 17.0. The predicted molar refractivity (Wildman–Crippen MR) is 89.1 cm³/mol. The molecule has 0 bridgehead atoms. The van der Waals surface area contributed by atoms with Gasteiger partial charge in [0.25, 0.3) is 0 Å². The van der Waals surface area contributed by atoms with Gasteiger partial charge in [0, 0.05) is 12.7 Å². The molecule has 7 nitrogen and oxygen atoms in total. The SMILES string of the molecule is COC1CS(=O)(=O)CC1NC(=O)NC1COc2c1ccc(C)c2C.